The van der Waals surface area contributed by atoms with E-state index in [9.17, 15) is 8.42 Å². The van der Waals surface area contributed by atoms with E-state index in [1.165, 1.54) is 16.9 Å². The molecule has 0 unspecified atom stereocenters. The van der Waals surface area contributed by atoms with Crippen molar-refractivity contribution in [1.82, 2.24) is 19.9 Å². The first kappa shape index (κ1) is 36.2. The first-order valence-electron chi connectivity index (χ1n) is 16.2. The third-order valence-electron chi connectivity index (χ3n) is 8.00. The molecule has 0 amide bonds. The standard InChI is InChI=1S/C22H21BrN6O2.C13H11BrN4O3S/c1-28-20-19(31-21(27-28)17-4-2-3-5-18(17)23)14-24-22(26-20)25-15-6-8-16(9-7-15)29-10-12-30-13-11-29;1-18-11-10(7-15-13(16-11)22(2,19)20)21-12(17-18)8-5-3-4-6-9(8)14/h2-9,14H,10-13H2,1H3,(H,24,25,26);3-7H,1-2H3. The average molecular weight is 865 g/mol. The zero-order valence-electron chi connectivity index (χ0n) is 28.6. The summed E-state index contributed by atoms with van der Waals surface area (Å²) in [7, 11) is 0.0108. The summed E-state index contributed by atoms with van der Waals surface area (Å²) in [6.07, 6.45) is 4.05. The number of sulfone groups is 1. The van der Waals surface area contributed by atoms with Crippen LogP contribution in [0.15, 0.2) is 109 Å². The third-order valence-corrected chi connectivity index (χ3v) is 10.2. The predicted octanol–water partition coefficient (Wildman–Crippen LogP) is 5.84. The number of benzene rings is 3. The van der Waals surface area contributed by atoms with Crippen LogP contribution in [0.25, 0.3) is 0 Å². The monoisotopic (exact) mass is 862 g/mol. The summed E-state index contributed by atoms with van der Waals surface area (Å²) in [6.45, 7) is 3.36. The van der Waals surface area contributed by atoms with Gasteiger partial charge in [0.25, 0.3) is 0 Å². The van der Waals surface area contributed by atoms with Crippen molar-refractivity contribution < 1.29 is 22.6 Å². The Morgan fingerprint density at radius 3 is 1.79 bits per heavy atom. The van der Waals surface area contributed by atoms with Gasteiger partial charge in [0.15, 0.2) is 23.1 Å². The molecule has 272 valence electrons. The molecule has 53 heavy (non-hydrogen) atoms. The fraction of sp³-hybridized carbons (Fsp3) is 0.200. The van der Waals surface area contributed by atoms with Gasteiger partial charge in [-0.05, 0) is 80.4 Å². The van der Waals surface area contributed by atoms with E-state index in [1.807, 2.05) is 67.7 Å². The van der Waals surface area contributed by atoms with E-state index < -0.39 is 9.84 Å². The van der Waals surface area contributed by atoms with Crippen LogP contribution >= 0.6 is 31.9 Å². The van der Waals surface area contributed by atoms with Crippen LogP contribution in [0.3, 0.4) is 0 Å². The largest absolute Gasteiger partial charge is 0.431 e. The molecule has 5 heterocycles. The number of rotatable bonds is 6. The van der Waals surface area contributed by atoms with Gasteiger partial charge in [-0.15, -0.1) is 10.2 Å². The molecule has 3 aliphatic rings. The maximum atomic E-state index is 11.5. The van der Waals surface area contributed by atoms with E-state index >= 15 is 0 Å². The molecule has 0 aliphatic carbocycles. The Bertz CT molecular complexity index is 2320. The summed E-state index contributed by atoms with van der Waals surface area (Å²) in [6, 6.07) is 23.5. The Labute approximate surface area is 322 Å². The number of hydrazone groups is 2. The van der Waals surface area contributed by atoms with Crippen molar-refractivity contribution in [3.8, 4) is 11.5 Å². The van der Waals surface area contributed by atoms with Crippen molar-refractivity contribution in [3.05, 3.63) is 105 Å². The Kier molecular flexibility index (Phi) is 10.5. The summed E-state index contributed by atoms with van der Waals surface area (Å²) >= 11 is 6.98. The van der Waals surface area contributed by atoms with E-state index in [1.54, 1.807) is 18.3 Å². The van der Waals surface area contributed by atoms with Crippen molar-refractivity contribution in [2.24, 2.45) is 10.2 Å². The lowest BCUT2D eigenvalue weighted by Crippen LogP contribution is -2.36. The molecule has 2 aromatic heterocycles. The van der Waals surface area contributed by atoms with Gasteiger partial charge in [0.2, 0.25) is 32.7 Å². The zero-order valence-corrected chi connectivity index (χ0v) is 32.6. The molecule has 15 nitrogen and oxygen atoms in total. The van der Waals surface area contributed by atoms with E-state index in [4.69, 9.17) is 14.2 Å². The molecule has 3 aliphatic heterocycles. The van der Waals surface area contributed by atoms with Crippen LogP contribution in [-0.2, 0) is 14.6 Å². The van der Waals surface area contributed by atoms with Crippen LogP contribution < -0.4 is 29.7 Å². The maximum absolute atomic E-state index is 11.5. The van der Waals surface area contributed by atoms with Gasteiger partial charge in [0.05, 0.1) is 36.7 Å². The van der Waals surface area contributed by atoms with Crippen molar-refractivity contribution in [3.63, 3.8) is 0 Å². The molecule has 0 spiro atoms. The highest BCUT2D eigenvalue weighted by molar-refractivity contribution is 9.10. The fourth-order valence-electron chi connectivity index (χ4n) is 5.36. The number of ether oxygens (including phenoxy) is 3. The van der Waals surface area contributed by atoms with Crippen molar-refractivity contribution in [2.75, 3.05) is 66.9 Å². The minimum atomic E-state index is -3.49. The van der Waals surface area contributed by atoms with Gasteiger partial charge in [0, 0.05) is 53.8 Å². The Morgan fingerprint density at radius 2 is 1.25 bits per heavy atom. The van der Waals surface area contributed by atoms with Crippen LogP contribution in [0.2, 0.25) is 0 Å². The van der Waals surface area contributed by atoms with Crippen LogP contribution in [0.1, 0.15) is 11.1 Å². The van der Waals surface area contributed by atoms with E-state index in [0.717, 1.165) is 58.3 Å². The number of halogens is 2. The molecule has 18 heteroatoms. The summed E-state index contributed by atoms with van der Waals surface area (Å²) in [5, 5.41) is 15.0. The number of nitrogens with zero attached hydrogens (tertiary/aromatic N) is 9. The van der Waals surface area contributed by atoms with Crippen LogP contribution in [0, 0.1) is 0 Å². The lowest BCUT2D eigenvalue weighted by atomic mass is 10.2. The Morgan fingerprint density at radius 1 is 0.717 bits per heavy atom. The minimum Gasteiger partial charge on any atom is -0.431 e. The summed E-state index contributed by atoms with van der Waals surface area (Å²) in [5.41, 5.74) is 3.73. The SMILES string of the molecule is CN1N=C(c2ccccc2Br)Oc2cnc(Nc3ccc(N4CCOCC4)cc3)nc21.CN1N=C(c2ccccc2Br)Oc2cnc(S(C)(=O)=O)nc21. The number of hydrogen-bond donors (Lipinski definition) is 1. The van der Waals surface area contributed by atoms with Gasteiger partial charge in [-0.2, -0.15) is 9.97 Å². The first-order valence-corrected chi connectivity index (χ1v) is 19.7. The van der Waals surface area contributed by atoms with Gasteiger partial charge in [-0.1, -0.05) is 24.3 Å². The van der Waals surface area contributed by atoms with E-state index in [0.29, 0.717) is 40.9 Å². The Hall–Kier alpha value is -5.17. The smallest absolute Gasteiger partial charge is 0.249 e. The molecule has 0 saturated carbocycles. The third kappa shape index (κ3) is 8.25. The molecule has 0 radical (unpaired) electrons. The average Bonchev–Trinajstić information content (AvgIpc) is 3.16. The summed E-state index contributed by atoms with van der Waals surface area (Å²) in [4.78, 5) is 19.1. The number of hydrogen-bond acceptors (Lipinski definition) is 15. The lowest BCUT2D eigenvalue weighted by molar-refractivity contribution is 0.122. The van der Waals surface area contributed by atoms with Gasteiger partial charge < -0.3 is 24.4 Å². The van der Waals surface area contributed by atoms with Crippen molar-refractivity contribution in [2.45, 2.75) is 5.16 Å². The highest BCUT2D eigenvalue weighted by atomic mass is 79.9. The van der Waals surface area contributed by atoms with Crippen LogP contribution in [-0.4, -0.2) is 86.8 Å². The molecule has 1 saturated heterocycles. The molecule has 3 aromatic carbocycles. The molecule has 5 aromatic rings. The molecule has 0 atom stereocenters. The molecular formula is C35H32Br2N10O5S. The van der Waals surface area contributed by atoms with Crippen molar-refractivity contribution >= 4 is 82.5 Å². The predicted molar refractivity (Wildman–Crippen MR) is 209 cm³/mol. The van der Waals surface area contributed by atoms with Gasteiger partial charge in [-0.3, -0.25) is 0 Å². The second-order valence-corrected chi connectivity index (χ2v) is 15.4. The quantitative estimate of drug-likeness (QED) is 0.203. The number of morpholine rings is 1. The number of aromatic nitrogens is 4. The number of anilines is 5. The minimum absolute atomic E-state index is 0.263. The molecular weight excluding hydrogens is 832 g/mol. The Balaban J connectivity index is 0.000000174. The first-order chi connectivity index (χ1) is 25.5. The zero-order chi connectivity index (χ0) is 37.1. The summed E-state index contributed by atoms with van der Waals surface area (Å²) in [5.74, 6) is 3.13. The lowest BCUT2D eigenvalue weighted by Gasteiger charge is -2.28. The normalized spacial score (nSPS) is 15.1. The highest BCUT2D eigenvalue weighted by Gasteiger charge is 2.26. The second kappa shape index (κ2) is 15.4. The maximum Gasteiger partial charge on any atom is 0.249 e. The highest BCUT2D eigenvalue weighted by Crippen LogP contribution is 2.33. The van der Waals surface area contributed by atoms with Crippen molar-refractivity contribution in [1.29, 1.82) is 0 Å². The van der Waals surface area contributed by atoms with E-state index in [-0.39, 0.29) is 5.16 Å². The van der Waals surface area contributed by atoms with Crippen LogP contribution in [0.4, 0.5) is 29.0 Å². The van der Waals surface area contributed by atoms with Crippen LogP contribution in [0.5, 0.6) is 11.5 Å². The molecule has 1 fully saturated rings. The molecule has 0 bridgehead atoms. The molecule has 1 N–H and O–H groups in total. The topological polar surface area (TPSA) is 160 Å². The second-order valence-electron chi connectivity index (χ2n) is 11.8. The van der Waals surface area contributed by atoms with Gasteiger partial charge in [-0.25, -0.2) is 28.4 Å². The summed E-state index contributed by atoms with van der Waals surface area (Å²) < 4.78 is 41.9. The van der Waals surface area contributed by atoms with E-state index in [2.05, 4.69) is 84.3 Å². The number of fused-ring (bicyclic) bond motifs is 2. The van der Waals surface area contributed by atoms with Gasteiger partial charge >= 0.3 is 0 Å². The number of nitrogens with one attached hydrogen (secondary N) is 1. The molecule has 8 rings (SSSR count). The fourth-order valence-corrected chi connectivity index (χ4v) is 6.77. The van der Waals surface area contributed by atoms with Gasteiger partial charge in [0.1, 0.15) is 0 Å².